The lowest BCUT2D eigenvalue weighted by Gasteiger charge is -2.27. The summed E-state index contributed by atoms with van der Waals surface area (Å²) in [7, 11) is 0. The lowest BCUT2D eigenvalue weighted by Crippen LogP contribution is -2.14. The maximum absolute atomic E-state index is 2.36. The lowest BCUT2D eigenvalue weighted by molar-refractivity contribution is 0.250. The predicted molar refractivity (Wildman–Crippen MR) is 53.1 cm³/mol. The first-order chi connectivity index (χ1) is 5.70. The Bertz CT molecular complexity index is 149. The second kappa shape index (κ2) is 3.05. The maximum atomic E-state index is 2.36. The third-order valence-corrected chi connectivity index (χ3v) is 4.14. The van der Waals surface area contributed by atoms with E-state index in [1.807, 2.05) is 0 Å². The minimum Gasteiger partial charge on any atom is -0.0628 e. The van der Waals surface area contributed by atoms with Crippen LogP contribution in [0.25, 0.3) is 0 Å². The molecular formula is C12H22. The average Bonchev–Trinajstić information content (AvgIpc) is 2.60. The first-order valence-electron chi connectivity index (χ1n) is 5.70. The van der Waals surface area contributed by atoms with Gasteiger partial charge in [-0.1, -0.05) is 20.3 Å². The fourth-order valence-corrected chi connectivity index (χ4v) is 3.26. The van der Waals surface area contributed by atoms with Crippen molar-refractivity contribution < 1.29 is 0 Å². The molecule has 0 N–H and O–H groups in total. The van der Waals surface area contributed by atoms with E-state index in [-0.39, 0.29) is 0 Å². The van der Waals surface area contributed by atoms with E-state index in [4.69, 9.17) is 0 Å². The molecule has 2 bridgehead atoms. The summed E-state index contributed by atoms with van der Waals surface area (Å²) in [6.07, 6.45) is 10.8. The Labute approximate surface area is 76.7 Å². The van der Waals surface area contributed by atoms with Gasteiger partial charge >= 0.3 is 0 Å². The van der Waals surface area contributed by atoms with Crippen molar-refractivity contribution >= 4 is 0 Å². The fourth-order valence-electron chi connectivity index (χ4n) is 3.26. The van der Waals surface area contributed by atoms with Crippen LogP contribution >= 0.6 is 0 Å². The molecular weight excluding hydrogens is 144 g/mol. The molecule has 2 rings (SSSR count). The largest absolute Gasteiger partial charge is 0.0628 e. The Balaban J connectivity index is 1.86. The van der Waals surface area contributed by atoms with E-state index in [2.05, 4.69) is 13.8 Å². The lowest BCUT2D eigenvalue weighted by atomic mass is 9.79. The number of rotatable bonds is 3. The first-order valence-corrected chi connectivity index (χ1v) is 5.70. The summed E-state index contributed by atoms with van der Waals surface area (Å²) in [5, 5.41) is 0. The smallest absolute Gasteiger partial charge is 0.0295 e. The Morgan fingerprint density at radius 3 is 2.33 bits per heavy atom. The number of hydrogen-bond donors (Lipinski definition) is 0. The van der Waals surface area contributed by atoms with Gasteiger partial charge < -0.3 is 0 Å². The minimum atomic E-state index is 0.842. The van der Waals surface area contributed by atoms with Crippen LogP contribution < -0.4 is 0 Å². The molecule has 0 heterocycles. The van der Waals surface area contributed by atoms with Gasteiger partial charge in [0.2, 0.25) is 0 Å². The molecule has 0 aromatic rings. The van der Waals surface area contributed by atoms with Gasteiger partial charge in [-0.3, -0.25) is 0 Å². The third kappa shape index (κ3) is 1.53. The first kappa shape index (κ1) is 8.59. The predicted octanol–water partition coefficient (Wildman–Crippen LogP) is 4.00. The molecule has 12 heavy (non-hydrogen) atoms. The second-order valence-electron chi connectivity index (χ2n) is 5.58. The van der Waals surface area contributed by atoms with Gasteiger partial charge in [0.05, 0.1) is 0 Å². The zero-order chi connectivity index (χ0) is 8.60. The zero-order valence-corrected chi connectivity index (χ0v) is 8.60. The average molecular weight is 166 g/mol. The van der Waals surface area contributed by atoms with Gasteiger partial charge in [-0.15, -0.1) is 0 Å². The summed E-state index contributed by atoms with van der Waals surface area (Å²) in [5.41, 5.74) is 0.842. The zero-order valence-electron chi connectivity index (χ0n) is 8.60. The standard InChI is InChI=1S/C12H22/c1-10(2)3-6-12-7-4-11(9-12)5-8-12/h10-11H,3-9H2,1-2H3. The highest BCUT2D eigenvalue weighted by atomic mass is 14.5. The molecule has 0 amide bonds. The van der Waals surface area contributed by atoms with E-state index >= 15 is 0 Å². The number of fused-ring (bicyclic) bond motifs is 2. The van der Waals surface area contributed by atoms with Crippen molar-refractivity contribution in [3.8, 4) is 0 Å². The van der Waals surface area contributed by atoms with Crippen molar-refractivity contribution in [2.75, 3.05) is 0 Å². The third-order valence-electron chi connectivity index (χ3n) is 4.14. The van der Waals surface area contributed by atoms with Crippen molar-refractivity contribution in [2.45, 2.75) is 58.8 Å². The SMILES string of the molecule is CC(C)CCC12CCC(CC1)C2. The highest BCUT2D eigenvalue weighted by molar-refractivity contribution is 4.95. The van der Waals surface area contributed by atoms with Gasteiger partial charge in [0.15, 0.2) is 0 Å². The quantitative estimate of drug-likeness (QED) is 0.594. The highest BCUT2D eigenvalue weighted by Crippen LogP contribution is 2.56. The summed E-state index contributed by atoms with van der Waals surface area (Å²) >= 11 is 0. The molecule has 70 valence electrons. The van der Waals surface area contributed by atoms with Crippen molar-refractivity contribution in [1.82, 2.24) is 0 Å². The minimum absolute atomic E-state index is 0.842. The van der Waals surface area contributed by atoms with E-state index in [0.29, 0.717) is 0 Å². The molecule has 0 heteroatoms. The molecule has 0 aliphatic heterocycles. The normalized spacial score (nSPS) is 39.8. The Kier molecular flexibility index (Phi) is 2.18. The Morgan fingerprint density at radius 1 is 1.25 bits per heavy atom. The van der Waals surface area contributed by atoms with Crippen LogP contribution in [0.15, 0.2) is 0 Å². The molecule has 0 radical (unpaired) electrons. The second-order valence-corrected chi connectivity index (χ2v) is 5.58. The van der Waals surface area contributed by atoms with Crippen molar-refractivity contribution in [3.05, 3.63) is 0 Å². The van der Waals surface area contributed by atoms with E-state index in [9.17, 15) is 0 Å². The van der Waals surface area contributed by atoms with E-state index < -0.39 is 0 Å². The fraction of sp³-hybridized carbons (Fsp3) is 1.00. The molecule has 2 aliphatic rings. The van der Waals surface area contributed by atoms with E-state index in [1.54, 1.807) is 32.1 Å². The molecule has 2 saturated carbocycles. The van der Waals surface area contributed by atoms with Gasteiger partial charge in [0.1, 0.15) is 0 Å². The van der Waals surface area contributed by atoms with Gasteiger partial charge in [-0.25, -0.2) is 0 Å². The topological polar surface area (TPSA) is 0 Å². The monoisotopic (exact) mass is 166 g/mol. The molecule has 0 spiro atoms. The molecule has 0 aromatic heterocycles. The molecule has 2 fully saturated rings. The number of hydrogen-bond acceptors (Lipinski definition) is 0. The summed E-state index contributed by atoms with van der Waals surface area (Å²) < 4.78 is 0. The molecule has 0 saturated heterocycles. The van der Waals surface area contributed by atoms with Crippen LogP contribution in [-0.2, 0) is 0 Å². The van der Waals surface area contributed by atoms with Crippen LogP contribution in [0.3, 0.4) is 0 Å². The summed E-state index contributed by atoms with van der Waals surface area (Å²) in [4.78, 5) is 0. The van der Waals surface area contributed by atoms with Crippen LogP contribution in [0.5, 0.6) is 0 Å². The van der Waals surface area contributed by atoms with Crippen LogP contribution in [0.4, 0.5) is 0 Å². The highest BCUT2D eigenvalue weighted by Gasteiger charge is 2.43. The van der Waals surface area contributed by atoms with Crippen molar-refractivity contribution in [2.24, 2.45) is 17.3 Å². The Hall–Kier alpha value is 0. The van der Waals surface area contributed by atoms with Gasteiger partial charge in [0.25, 0.3) is 0 Å². The van der Waals surface area contributed by atoms with Gasteiger partial charge in [-0.2, -0.15) is 0 Å². The van der Waals surface area contributed by atoms with Crippen LogP contribution in [0.1, 0.15) is 58.8 Å². The van der Waals surface area contributed by atoms with E-state index in [1.165, 1.54) is 12.8 Å². The molecule has 0 nitrogen and oxygen atoms in total. The van der Waals surface area contributed by atoms with Crippen LogP contribution in [0, 0.1) is 17.3 Å². The summed E-state index contributed by atoms with van der Waals surface area (Å²) in [5.74, 6) is 2.05. The summed E-state index contributed by atoms with van der Waals surface area (Å²) in [6, 6.07) is 0. The van der Waals surface area contributed by atoms with Crippen molar-refractivity contribution in [1.29, 1.82) is 0 Å². The van der Waals surface area contributed by atoms with Crippen molar-refractivity contribution in [3.63, 3.8) is 0 Å². The maximum Gasteiger partial charge on any atom is -0.0295 e. The molecule has 0 aromatic carbocycles. The van der Waals surface area contributed by atoms with Crippen LogP contribution in [-0.4, -0.2) is 0 Å². The van der Waals surface area contributed by atoms with E-state index in [0.717, 1.165) is 17.3 Å². The Morgan fingerprint density at radius 2 is 1.92 bits per heavy atom. The van der Waals surface area contributed by atoms with Gasteiger partial charge in [-0.05, 0) is 55.8 Å². The summed E-state index contributed by atoms with van der Waals surface area (Å²) in [6.45, 7) is 4.72. The van der Waals surface area contributed by atoms with Crippen LogP contribution in [0.2, 0.25) is 0 Å². The molecule has 0 unspecified atom stereocenters. The molecule has 2 aliphatic carbocycles. The molecule has 0 atom stereocenters. The van der Waals surface area contributed by atoms with Gasteiger partial charge in [0, 0.05) is 0 Å².